The molecule has 0 radical (unpaired) electrons. The van der Waals surface area contributed by atoms with Gasteiger partial charge in [-0.2, -0.15) is 0 Å². The second kappa shape index (κ2) is 6.31. The number of carbonyl (C=O) groups excluding carboxylic acids is 1. The summed E-state index contributed by atoms with van der Waals surface area (Å²) in [6, 6.07) is 0. The molecule has 0 aliphatic heterocycles. The number of hydrogen-bond acceptors (Lipinski definition) is 3. The van der Waals surface area contributed by atoms with Crippen LogP contribution in [0.5, 0.6) is 0 Å². The van der Waals surface area contributed by atoms with Crippen LogP contribution in [-0.4, -0.2) is 32.7 Å². The summed E-state index contributed by atoms with van der Waals surface area (Å²) < 4.78 is 10.1. The van der Waals surface area contributed by atoms with Gasteiger partial charge in [0.1, 0.15) is 6.29 Å². The highest BCUT2D eigenvalue weighted by atomic mass is 16.5. The van der Waals surface area contributed by atoms with Gasteiger partial charge in [0.15, 0.2) is 0 Å². The molecule has 0 unspecified atom stereocenters. The third kappa shape index (κ3) is 4.93. The molecule has 0 saturated heterocycles. The number of carbonyl (C=O) groups is 1. The Hall–Kier alpha value is -0.410. The van der Waals surface area contributed by atoms with E-state index in [4.69, 9.17) is 9.47 Å². The summed E-state index contributed by atoms with van der Waals surface area (Å²) in [7, 11) is 3.26. The van der Waals surface area contributed by atoms with Gasteiger partial charge in [-0.1, -0.05) is 0 Å². The predicted molar refractivity (Wildman–Crippen MR) is 42.6 cm³/mol. The molecule has 3 nitrogen and oxygen atoms in total. The highest BCUT2D eigenvalue weighted by Crippen LogP contribution is 2.06. The highest BCUT2D eigenvalue weighted by Gasteiger charge is 2.10. The Labute approximate surface area is 67.7 Å². The number of hydrogen-bond donors (Lipinski definition) is 0. The van der Waals surface area contributed by atoms with Gasteiger partial charge in [-0.05, 0) is 13.3 Å². The Morgan fingerprint density at radius 2 is 2.00 bits per heavy atom. The average molecular weight is 160 g/mol. The molecule has 66 valence electrons. The molecule has 0 aliphatic rings. The van der Waals surface area contributed by atoms with Crippen LogP contribution in [0.15, 0.2) is 0 Å². The summed E-state index contributed by atoms with van der Waals surface area (Å²) in [6.07, 6.45) is 2.24. The fourth-order valence-electron chi connectivity index (χ4n) is 0.862. The topological polar surface area (TPSA) is 35.5 Å². The molecule has 0 aromatic rings. The first-order valence-corrected chi connectivity index (χ1v) is 3.73. The molecule has 3 heteroatoms. The summed E-state index contributed by atoms with van der Waals surface area (Å²) >= 11 is 0. The molecule has 2 atom stereocenters. The second-order valence-corrected chi connectivity index (χ2v) is 2.54. The molecule has 0 heterocycles. The Balaban J connectivity index is 3.57. The van der Waals surface area contributed by atoms with E-state index in [-0.39, 0.29) is 12.2 Å². The summed E-state index contributed by atoms with van der Waals surface area (Å²) in [5.74, 6) is 0. The monoisotopic (exact) mass is 160 g/mol. The molecule has 0 saturated carbocycles. The quantitative estimate of drug-likeness (QED) is 0.544. The Morgan fingerprint density at radius 3 is 2.36 bits per heavy atom. The van der Waals surface area contributed by atoms with E-state index in [0.29, 0.717) is 6.42 Å². The van der Waals surface area contributed by atoms with Crippen molar-refractivity contribution in [2.45, 2.75) is 32.0 Å². The molecule has 0 fully saturated rings. The lowest BCUT2D eigenvalue weighted by molar-refractivity contribution is -0.110. The zero-order chi connectivity index (χ0) is 8.69. The molecule has 0 rings (SSSR count). The fraction of sp³-hybridized carbons (Fsp3) is 0.875. The van der Waals surface area contributed by atoms with E-state index < -0.39 is 0 Å². The first-order chi connectivity index (χ1) is 5.24. The Kier molecular flexibility index (Phi) is 6.07. The fourth-order valence-corrected chi connectivity index (χ4v) is 0.862. The third-order valence-corrected chi connectivity index (χ3v) is 1.69. The maximum Gasteiger partial charge on any atom is 0.122 e. The van der Waals surface area contributed by atoms with Gasteiger partial charge in [-0.15, -0.1) is 0 Å². The van der Waals surface area contributed by atoms with E-state index in [2.05, 4.69) is 0 Å². The van der Waals surface area contributed by atoms with Gasteiger partial charge in [0.2, 0.25) is 0 Å². The van der Waals surface area contributed by atoms with Gasteiger partial charge in [0, 0.05) is 20.6 Å². The second-order valence-electron chi connectivity index (χ2n) is 2.54. The lowest BCUT2D eigenvalue weighted by Gasteiger charge is -2.16. The van der Waals surface area contributed by atoms with Gasteiger partial charge in [0.05, 0.1) is 12.2 Å². The van der Waals surface area contributed by atoms with Gasteiger partial charge >= 0.3 is 0 Å². The smallest absolute Gasteiger partial charge is 0.122 e. The predicted octanol–water partition coefficient (Wildman–Crippen LogP) is 1.02. The molecular weight excluding hydrogens is 144 g/mol. The van der Waals surface area contributed by atoms with Gasteiger partial charge < -0.3 is 14.3 Å². The lowest BCUT2D eigenvalue weighted by atomic mass is 10.1. The van der Waals surface area contributed by atoms with E-state index in [1.165, 1.54) is 0 Å². The lowest BCUT2D eigenvalue weighted by Crippen LogP contribution is -2.19. The minimum atomic E-state index is 0.00227. The van der Waals surface area contributed by atoms with Crippen LogP contribution < -0.4 is 0 Å². The van der Waals surface area contributed by atoms with Crippen LogP contribution in [0.3, 0.4) is 0 Å². The minimum absolute atomic E-state index is 0.00227. The SMILES string of the molecule is CO[C@H](CC=O)C[C@@H](C)OC. The molecular formula is C8H16O3. The number of aldehydes is 1. The molecule has 0 amide bonds. The normalized spacial score (nSPS) is 15.9. The number of methoxy groups -OCH3 is 2. The zero-order valence-corrected chi connectivity index (χ0v) is 7.37. The summed E-state index contributed by atoms with van der Waals surface area (Å²) in [4.78, 5) is 10.1. The van der Waals surface area contributed by atoms with Crippen LogP contribution in [0.2, 0.25) is 0 Å². The maximum absolute atomic E-state index is 10.1. The van der Waals surface area contributed by atoms with Crippen molar-refractivity contribution in [3.63, 3.8) is 0 Å². The van der Waals surface area contributed by atoms with Crippen molar-refractivity contribution in [2.75, 3.05) is 14.2 Å². The van der Waals surface area contributed by atoms with Crippen molar-refractivity contribution in [1.29, 1.82) is 0 Å². The molecule has 0 aliphatic carbocycles. The number of ether oxygens (including phenoxy) is 2. The van der Waals surface area contributed by atoms with E-state index in [1.54, 1.807) is 14.2 Å². The van der Waals surface area contributed by atoms with Crippen LogP contribution in [0, 0.1) is 0 Å². The first kappa shape index (κ1) is 10.6. The van der Waals surface area contributed by atoms with E-state index in [0.717, 1.165) is 12.7 Å². The van der Waals surface area contributed by atoms with Crippen molar-refractivity contribution in [2.24, 2.45) is 0 Å². The van der Waals surface area contributed by atoms with Gasteiger partial charge in [-0.3, -0.25) is 0 Å². The Bertz CT molecular complexity index is 104. The summed E-state index contributed by atoms with van der Waals surface area (Å²) in [5.41, 5.74) is 0. The van der Waals surface area contributed by atoms with Crippen molar-refractivity contribution in [3.8, 4) is 0 Å². The molecule has 0 aromatic heterocycles. The zero-order valence-electron chi connectivity index (χ0n) is 7.37. The maximum atomic E-state index is 10.1. The van der Waals surface area contributed by atoms with Crippen LogP contribution >= 0.6 is 0 Å². The summed E-state index contributed by atoms with van der Waals surface area (Å²) in [5, 5.41) is 0. The van der Waals surface area contributed by atoms with Crippen LogP contribution in [-0.2, 0) is 14.3 Å². The van der Waals surface area contributed by atoms with E-state index >= 15 is 0 Å². The molecule has 11 heavy (non-hydrogen) atoms. The van der Waals surface area contributed by atoms with Gasteiger partial charge in [0.25, 0.3) is 0 Å². The number of rotatable bonds is 6. The van der Waals surface area contributed by atoms with Crippen molar-refractivity contribution in [3.05, 3.63) is 0 Å². The van der Waals surface area contributed by atoms with Crippen LogP contribution in [0.4, 0.5) is 0 Å². The van der Waals surface area contributed by atoms with Crippen molar-refractivity contribution < 1.29 is 14.3 Å². The van der Waals surface area contributed by atoms with Gasteiger partial charge in [-0.25, -0.2) is 0 Å². The Morgan fingerprint density at radius 1 is 1.36 bits per heavy atom. The highest BCUT2D eigenvalue weighted by molar-refractivity contribution is 5.50. The largest absolute Gasteiger partial charge is 0.382 e. The third-order valence-electron chi connectivity index (χ3n) is 1.69. The molecule has 0 aromatic carbocycles. The van der Waals surface area contributed by atoms with E-state index in [1.807, 2.05) is 6.92 Å². The molecule has 0 N–H and O–H groups in total. The van der Waals surface area contributed by atoms with Crippen molar-refractivity contribution in [1.82, 2.24) is 0 Å². The van der Waals surface area contributed by atoms with Crippen LogP contribution in [0.1, 0.15) is 19.8 Å². The standard InChI is InChI=1S/C8H16O3/c1-7(10-2)6-8(11-3)4-5-9/h5,7-8H,4,6H2,1-3H3/t7-,8-/m1/s1. The summed E-state index contributed by atoms with van der Waals surface area (Å²) in [6.45, 7) is 1.96. The van der Waals surface area contributed by atoms with Crippen LogP contribution in [0.25, 0.3) is 0 Å². The first-order valence-electron chi connectivity index (χ1n) is 3.73. The van der Waals surface area contributed by atoms with E-state index in [9.17, 15) is 4.79 Å². The van der Waals surface area contributed by atoms with Crippen molar-refractivity contribution >= 4 is 6.29 Å². The molecule has 0 bridgehead atoms. The molecule has 0 spiro atoms. The average Bonchev–Trinajstić information content (AvgIpc) is 2.03. The minimum Gasteiger partial charge on any atom is -0.382 e.